The van der Waals surface area contributed by atoms with Gasteiger partial charge in [-0.1, -0.05) is 6.07 Å². The molecule has 0 saturated carbocycles. The maximum Gasteiger partial charge on any atom is 0.147 e. The van der Waals surface area contributed by atoms with Crippen molar-refractivity contribution in [3.8, 4) is 22.6 Å². The van der Waals surface area contributed by atoms with Crippen molar-refractivity contribution in [2.75, 3.05) is 18.0 Å². The molecule has 122 valence electrons. The Labute approximate surface area is 140 Å². The molecule has 1 aliphatic rings. The van der Waals surface area contributed by atoms with E-state index in [2.05, 4.69) is 9.88 Å². The topological polar surface area (TPSA) is 69.5 Å². The second kappa shape index (κ2) is 6.00. The molecule has 2 N–H and O–H groups in total. The van der Waals surface area contributed by atoms with Crippen molar-refractivity contribution in [2.45, 2.75) is 19.3 Å². The Balaban J connectivity index is 1.75. The average molecular weight is 321 g/mol. The molecule has 0 spiro atoms. The van der Waals surface area contributed by atoms with Gasteiger partial charge in [0.05, 0.1) is 17.2 Å². The molecule has 24 heavy (non-hydrogen) atoms. The van der Waals surface area contributed by atoms with Crippen LogP contribution in [0.5, 0.6) is 11.5 Å². The molecule has 2 aromatic carbocycles. The molecule has 5 nitrogen and oxygen atoms in total. The number of anilines is 1. The number of hydrogen-bond donors (Lipinski definition) is 2. The quantitative estimate of drug-likeness (QED) is 0.753. The highest BCUT2D eigenvalue weighted by Crippen LogP contribution is 2.30. The highest BCUT2D eigenvalue weighted by molar-refractivity contribution is 5.82. The van der Waals surface area contributed by atoms with Gasteiger partial charge in [0.25, 0.3) is 0 Å². The van der Waals surface area contributed by atoms with E-state index < -0.39 is 0 Å². The van der Waals surface area contributed by atoms with Crippen molar-refractivity contribution in [3.63, 3.8) is 0 Å². The first kappa shape index (κ1) is 14.8. The number of nitrogens with zero attached hydrogens (tertiary/aromatic N) is 3. The Kier molecular flexibility index (Phi) is 3.69. The molecule has 4 rings (SSSR count). The number of hydrogen-bond acceptors (Lipinski definition) is 5. The lowest BCUT2D eigenvalue weighted by Gasteiger charge is -2.27. The largest absolute Gasteiger partial charge is 0.508 e. The fourth-order valence-electron chi connectivity index (χ4n) is 3.22. The number of aromatic nitrogens is 2. The summed E-state index contributed by atoms with van der Waals surface area (Å²) in [6.07, 6.45) is 5.51. The van der Waals surface area contributed by atoms with Crippen LogP contribution in [0.4, 0.5) is 5.82 Å². The fraction of sp³-hybridized carbons (Fsp3) is 0.263. The van der Waals surface area contributed by atoms with Gasteiger partial charge in [-0.05, 0) is 54.7 Å². The first-order valence-corrected chi connectivity index (χ1v) is 8.24. The molecule has 3 aromatic rings. The van der Waals surface area contributed by atoms with E-state index >= 15 is 0 Å². The molecule has 0 bridgehead atoms. The minimum Gasteiger partial charge on any atom is -0.508 e. The zero-order valence-corrected chi connectivity index (χ0v) is 13.3. The SMILES string of the molecule is Oc1cc(O)cc(-c2ccc3ncc(N4CCCCC4)nc3c2)c1. The van der Waals surface area contributed by atoms with Crippen molar-refractivity contribution in [1.82, 2.24) is 9.97 Å². The summed E-state index contributed by atoms with van der Waals surface area (Å²) in [5.74, 6) is 0.995. The molecule has 0 aliphatic carbocycles. The second-order valence-electron chi connectivity index (χ2n) is 6.22. The number of phenols is 2. The molecule has 0 amide bonds. The standard InChI is InChI=1S/C19H19N3O2/c23-15-8-14(9-16(24)11-15)13-4-5-17-18(10-13)21-19(12-20-17)22-6-2-1-3-7-22/h4-5,8-12,23-24H,1-3,6-7H2. The van der Waals surface area contributed by atoms with E-state index in [1.54, 1.807) is 12.1 Å². The summed E-state index contributed by atoms with van der Waals surface area (Å²) in [6, 6.07) is 10.4. The molecule has 1 aliphatic heterocycles. The van der Waals surface area contributed by atoms with Crippen LogP contribution in [0, 0.1) is 0 Å². The van der Waals surface area contributed by atoms with Gasteiger partial charge in [-0.3, -0.25) is 4.98 Å². The average Bonchev–Trinajstić information content (AvgIpc) is 2.61. The van der Waals surface area contributed by atoms with Crippen molar-refractivity contribution in [3.05, 3.63) is 42.6 Å². The smallest absolute Gasteiger partial charge is 0.147 e. The highest BCUT2D eigenvalue weighted by Gasteiger charge is 2.13. The summed E-state index contributed by atoms with van der Waals surface area (Å²) >= 11 is 0. The van der Waals surface area contributed by atoms with Gasteiger partial charge in [0.15, 0.2) is 0 Å². The molecule has 1 fully saturated rings. The van der Waals surface area contributed by atoms with Crippen molar-refractivity contribution in [1.29, 1.82) is 0 Å². The summed E-state index contributed by atoms with van der Waals surface area (Å²) in [6.45, 7) is 2.06. The lowest BCUT2D eigenvalue weighted by molar-refractivity contribution is 0.451. The van der Waals surface area contributed by atoms with Gasteiger partial charge in [0.2, 0.25) is 0 Å². The van der Waals surface area contributed by atoms with E-state index in [1.165, 1.54) is 25.3 Å². The predicted octanol–water partition coefficient (Wildman–Crippen LogP) is 3.70. The molecule has 1 saturated heterocycles. The number of rotatable bonds is 2. The minimum atomic E-state index is 0.0400. The van der Waals surface area contributed by atoms with Crippen LogP contribution in [-0.4, -0.2) is 33.3 Å². The molecular formula is C19H19N3O2. The number of phenolic OH excluding ortho intramolecular Hbond substituents is 2. The van der Waals surface area contributed by atoms with Crippen LogP contribution in [0.25, 0.3) is 22.2 Å². The highest BCUT2D eigenvalue weighted by atomic mass is 16.3. The van der Waals surface area contributed by atoms with Gasteiger partial charge in [-0.2, -0.15) is 0 Å². The third-order valence-electron chi connectivity index (χ3n) is 4.45. The number of fused-ring (bicyclic) bond motifs is 1. The Morgan fingerprint density at radius 1 is 0.792 bits per heavy atom. The normalized spacial score (nSPS) is 14.9. The molecule has 2 heterocycles. The van der Waals surface area contributed by atoms with Crippen molar-refractivity contribution >= 4 is 16.9 Å². The molecule has 0 radical (unpaired) electrons. The van der Waals surface area contributed by atoms with Gasteiger partial charge >= 0.3 is 0 Å². The van der Waals surface area contributed by atoms with Gasteiger partial charge in [-0.15, -0.1) is 0 Å². The summed E-state index contributed by atoms with van der Waals surface area (Å²) in [5.41, 5.74) is 3.29. The summed E-state index contributed by atoms with van der Waals surface area (Å²) in [7, 11) is 0. The molecule has 0 unspecified atom stereocenters. The monoisotopic (exact) mass is 321 g/mol. The Hall–Kier alpha value is -2.82. The van der Waals surface area contributed by atoms with Gasteiger partial charge in [0, 0.05) is 19.2 Å². The van der Waals surface area contributed by atoms with Crippen LogP contribution in [0.15, 0.2) is 42.6 Å². The number of aromatic hydroxyl groups is 2. The maximum atomic E-state index is 9.69. The Bertz CT molecular complexity index is 869. The van der Waals surface area contributed by atoms with Crippen molar-refractivity contribution < 1.29 is 10.2 Å². The van der Waals surface area contributed by atoms with E-state index in [4.69, 9.17) is 4.98 Å². The zero-order valence-electron chi connectivity index (χ0n) is 13.3. The lowest BCUT2D eigenvalue weighted by Crippen LogP contribution is -2.30. The summed E-state index contributed by atoms with van der Waals surface area (Å²) in [5, 5.41) is 19.4. The van der Waals surface area contributed by atoms with Gasteiger partial charge in [0.1, 0.15) is 17.3 Å². The minimum absolute atomic E-state index is 0.0400. The van der Waals surface area contributed by atoms with E-state index in [9.17, 15) is 10.2 Å². The predicted molar refractivity (Wildman–Crippen MR) is 94.4 cm³/mol. The summed E-state index contributed by atoms with van der Waals surface area (Å²) in [4.78, 5) is 11.6. The zero-order chi connectivity index (χ0) is 16.5. The van der Waals surface area contributed by atoms with Crippen LogP contribution >= 0.6 is 0 Å². The Morgan fingerprint density at radius 3 is 2.29 bits per heavy atom. The maximum absolute atomic E-state index is 9.69. The van der Waals surface area contributed by atoms with E-state index in [0.29, 0.717) is 0 Å². The number of piperidine rings is 1. The van der Waals surface area contributed by atoms with Crippen LogP contribution < -0.4 is 4.90 Å². The number of benzene rings is 2. The van der Waals surface area contributed by atoms with E-state index in [0.717, 1.165) is 41.1 Å². The Morgan fingerprint density at radius 2 is 1.54 bits per heavy atom. The van der Waals surface area contributed by atoms with Crippen molar-refractivity contribution in [2.24, 2.45) is 0 Å². The molecule has 0 atom stereocenters. The fourth-order valence-corrected chi connectivity index (χ4v) is 3.22. The van der Waals surface area contributed by atoms with Crippen LogP contribution in [-0.2, 0) is 0 Å². The molecule has 1 aromatic heterocycles. The first-order chi connectivity index (χ1) is 11.7. The second-order valence-corrected chi connectivity index (χ2v) is 6.22. The third kappa shape index (κ3) is 2.85. The van der Waals surface area contributed by atoms with Gasteiger partial charge in [-0.25, -0.2) is 4.98 Å². The van der Waals surface area contributed by atoms with E-state index in [1.807, 2.05) is 24.4 Å². The summed E-state index contributed by atoms with van der Waals surface area (Å²) < 4.78 is 0. The molecular weight excluding hydrogens is 302 g/mol. The van der Waals surface area contributed by atoms with Crippen LogP contribution in [0.3, 0.4) is 0 Å². The first-order valence-electron chi connectivity index (χ1n) is 8.24. The van der Waals surface area contributed by atoms with Gasteiger partial charge < -0.3 is 15.1 Å². The molecule has 5 heteroatoms. The lowest BCUT2D eigenvalue weighted by atomic mass is 10.0. The van der Waals surface area contributed by atoms with E-state index in [-0.39, 0.29) is 11.5 Å². The van der Waals surface area contributed by atoms with Crippen LogP contribution in [0.1, 0.15) is 19.3 Å². The van der Waals surface area contributed by atoms with Crippen LogP contribution in [0.2, 0.25) is 0 Å². The third-order valence-corrected chi connectivity index (χ3v) is 4.45.